The second-order valence-corrected chi connectivity index (χ2v) is 5.90. The second kappa shape index (κ2) is 9.64. The highest BCUT2D eigenvalue weighted by Gasteiger charge is 2.23. The Morgan fingerprint density at radius 2 is 1.88 bits per heavy atom. The first kappa shape index (κ1) is 18.7. The summed E-state index contributed by atoms with van der Waals surface area (Å²) in [5.41, 5.74) is 0.974. The molecule has 25 heavy (non-hydrogen) atoms. The van der Waals surface area contributed by atoms with Gasteiger partial charge in [-0.05, 0) is 31.2 Å². The highest BCUT2D eigenvalue weighted by atomic mass is 16.3. The number of carbonyl (C=O) groups excluding carboxylic acids is 2. The highest BCUT2D eigenvalue weighted by Crippen LogP contribution is 2.06. The molecule has 2 aromatic rings. The van der Waals surface area contributed by atoms with Gasteiger partial charge in [0.05, 0.1) is 6.26 Å². The third-order valence-corrected chi connectivity index (χ3v) is 3.78. The van der Waals surface area contributed by atoms with Crippen molar-refractivity contribution >= 4 is 11.8 Å². The van der Waals surface area contributed by atoms with Gasteiger partial charge in [0.2, 0.25) is 5.91 Å². The van der Waals surface area contributed by atoms with Crippen LogP contribution in [-0.4, -0.2) is 37.0 Å². The first-order valence-electron chi connectivity index (χ1n) is 8.49. The lowest BCUT2D eigenvalue weighted by molar-refractivity contribution is -0.123. The second-order valence-electron chi connectivity index (χ2n) is 5.90. The van der Waals surface area contributed by atoms with Crippen molar-refractivity contribution < 1.29 is 14.0 Å². The van der Waals surface area contributed by atoms with Crippen LogP contribution in [0.4, 0.5) is 0 Å². The van der Waals surface area contributed by atoms with Crippen LogP contribution in [0.15, 0.2) is 53.1 Å². The first-order chi connectivity index (χ1) is 12.1. The Bertz CT molecular complexity index is 656. The van der Waals surface area contributed by atoms with Gasteiger partial charge >= 0.3 is 0 Å². The van der Waals surface area contributed by atoms with Crippen molar-refractivity contribution in [3.05, 3.63) is 60.1 Å². The van der Waals surface area contributed by atoms with Crippen LogP contribution < -0.4 is 16.0 Å². The molecule has 3 N–H and O–H groups in total. The van der Waals surface area contributed by atoms with Crippen molar-refractivity contribution in [2.45, 2.75) is 32.4 Å². The van der Waals surface area contributed by atoms with E-state index in [9.17, 15) is 9.59 Å². The molecule has 0 fully saturated rings. The Morgan fingerprint density at radius 1 is 1.12 bits per heavy atom. The van der Waals surface area contributed by atoms with E-state index in [0.717, 1.165) is 12.1 Å². The average molecular weight is 343 g/mol. The van der Waals surface area contributed by atoms with Crippen LogP contribution in [0.2, 0.25) is 0 Å². The predicted molar refractivity (Wildman–Crippen MR) is 96.3 cm³/mol. The third-order valence-electron chi connectivity index (χ3n) is 3.78. The van der Waals surface area contributed by atoms with Gasteiger partial charge in [-0.3, -0.25) is 9.59 Å². The van der Waals surface area contributed by atoms with Gasteiger partial charge in [-0.1, -0.05) is 37.3 Å². The van der Waals surface area contributed by atoms with Crippen molar-refractivity contribution in [2.24, 2.45) is 0 Å². The largest absolute Gasteiger partial charge is 0.459 e. The van der Waals surface area contributed by atoms with Gasteiger partial charge in [0.1, 0.15) is 6.04 Å². The summed E-state index contributed by atoms with van der Waals surface area (Å²) < 4.78 is 5.10. The zero-order valence-corrected chi connectivity index (χ0v) is 14.6. The lowest BCUT2D eigenvalue weighted by atomic mass is 10.0. The monoisotopic (exact) mass is 343 g/mol. The van der Waals surface area contributed by atoms with Crippen LogP contribution >= 0.6 is 0 Å². The third kappa shape index (κ3) is 6.08. The van der Waals surface area contributed by atoms with Gasteiger partial charge in [0.25, 0.3) is 5.91 Å². The minimum atomic E-state index is -0.672. The zero-order valence-electron chi connectivity index (χ0n) is 14.6. The maximum absolute atomic E-state index is 12.6. The van der Waals surface area contributed by atoms with Crippen LogP contribution in [0.5, 0.6) is 0 Å². The summed E-state index contributed by atoms with van der Waals surface area (Å²) in [7, 11) is 0. The van der Waals surface area contributed by atoms with Gasteiger partial charge in [0, 0.05) is 19.0 Å². The fraction of sp³-hybridized carbons (Fsp3) is 0.368. The van der Waals surface area contributed by atoms with Crippen molar-refractivity contribution in [1.82, 2.24) is 16.0 Å². The molecule has 2 atom stereocenters. The lowest BCUT2D eigenvalue weighted by Gasteiger charge is -2.20. The number of nitrogens with one attached hydrogen (secondary N) is 3. The molecule has 1 aromatic heterocycles. The van der Waals surface area contributed by atoms with E-state index in [0.29, 0.717) is 13.0 Å². The number of amides is 2. The number of rotatable bonds is 9. The van der Waals surface area contributed by atoms with E-state index in [1.54, 1.807) is 12.1 Å². The Labute approximate surface area is 148 Å². The molecule has 0 saturated carbocycles. The van der Waals surface area contributed by atoms with E-state index < -0.39 is 11.9 Å². The minimum absolute atomic E-state index is 0.159. The molecule has 6 nitrogen and oxygen atoms in total. The summed E-state index contributed by atoms with van der Waals surface area (Å²) in [6.07, 6.45) is 1.84. The number of hydrogen-bond acceptors (Lipinski definition) is 4. The van der Waals surface area contributed by atoms with Gasteiger partial charge in [-0.2, -0.15) is 0 Å². The Hall–Kier alpha value is -2.60. The normalized spacial score (nSPS) is 13.0. The average Bonchev–Trinajstić information content (AvgIpc) is 3.15. The molecule has 134 valence electrons. The molecule has 2 rings (SSSR count). The van der Waals surface area contributed by atoms with Gasteiger partial charge in [0.15, 0.2) is 5.76 Å². The first-order valence-corrected chi connectivity index (χ1v) is 8.49. The molecule has 0 bridgehead atoms. The number of furan rings is 1. The molecular formula is C19H25N3O3. The summed E-state index contributed by atoms with van der Waals surface area (Å²) in [4.78, 5) is 24.8. The molecule has 2 amide bonds. The molecule has 0 aliphatic heterocycles. The van der Waals surface area contributed by atoms with E-state index in [2.05, 4.69) is 16.0 Å². The molecule has 6 heteroatoms. The number of benzene rings is 1. The van der Waals surface area contributed by atoms with E-state index >= 15 is 0 Å². The molecule has 1 heterocycles. The smallest absolute Gasteiger partial charge is 0.287 e. The van der Waals surface area contributed by atoms with Crippen molar-refractivity contribution in [2.75, 3.05) is 13.1 Å². The van der Waals surface area contributed by atoms with E-state index in [4.69, 9.17) is 4.42 Å². The SMILES string of the molecule is CCN[C@H](C)CNC(=O)C(Cc1ccccc1)NC(=O)c1ccco1. The van der Waals surface area contributed by atoms with Gasteiger partial charge in [-0.25, -0.2) is 0 Å². The maximum atomic E-state index is 12.6. The number of hydrogen-bond donors (Lipinski definition) is 3. The van der Waals surface area contributed by atoms with Crippen LogP contribution in [-0.2, 0) is 11.2 Å². The van der Waals surface area contributed by atoms with Gasteiger partial charge in [-0.15, -0.1) is 0 Å². The van der Waals surface area contributed by atoms with E-state index in [-0.39, 0.29) is 17.7 Å². The van der Waals surface area contributed by atoms with E-state index in [1.165, 1.54) is 6.26 Å². The van der Waals surface area contributed by atoms with Crippen LogP contribution in [0.1, 0.15) is 30.0 Å². The number of carbonyl (C=O) groups is 2. The van der Waals surface area contributed by atoms with Gasteiger partial charge < -0.3 is 20.4 Å². The molecule has 0 aliphatic carbocycles. The molecule has 1 aromatic carbocycles. The van der Waals surface area contributed by atoms with E-state index in [1.807, 2.05) is 44.2 Å². The number of likely N-dealkylation sites (N-methyl/N-ethyl adjacent to an activating group) is 1. The molecule has 0 radical (unpaired) electrons. The Morgan fingerprint density at radius 3 is 2.52 bits per heavy atom. The molecule has 1 unspecified atom stereocenters. The summed E-state index contributed by atoms with van der Waals surface area (Å²) in [5, 5.41) is 8.89. The van der Waals surface area contributed by atoms with Crippen LogP contribution in [0.25, 0.3) is 0 Å². The maximum Gasteiger partial charge on any atom is 0.287 e. The van der Waals surface area contributed by atoms with Crippen molar-refractivity contribution in [3.8, 4) is 0 Å². The Balaban J connectivity index is 2.02. The van der Waals surface area contributed by atoms with Crippen molar-refractivity contribution in [1.29, 1.82) is 0 Å². The Kier molecular flexibility index (Phi) is 7.22. The predicted octanol–water partition coefficient (Wildman–Crippen LogP) is 1.73. The van der Waals surface area contributed by atoms with Crippen LogP contribution in [0, 0.1) is 0 Å². The molecule has 0 aliphatic rings. The molecule has 0 spiro atoms. The summed E-state index contributed by atoms with van der Waals surface area (Å²) in [6, 6.07) is 12.3. The topological polar surface area (TPSA) is 83.4 Å². The minimum Gasteiger partial charge on any atom is -0.459 e. The standard InChI is InChI=1S/C19H25N3O3/c1-3-20-14(2)13-21-18(23)16(12-15-8-5-4-6-9-15)22-19(24)17-10-7-11-25-17/h4-11,14,16,20H,3,12-13H2,1-2H3,(H,21,23)(H,22,24)/t14-,16?/m1/s1. The summed E-state index contributed by atoms with van der Waals surface area (Å²) in [5.74, 6) is -0.429. The zero-order chi connectivity index (χ0) is 18.1. The lowest BCUT2D eigenvalue weighted by Crippen LogP contribution is -2.50. The quantitative estimate of drug-likeness (QED) is 0.647. The summed E-state index contributed by atoms with van der Waals surface area (Å²) >= 11 is 0. The van der Waals surface area contributed by atoms with Crippen LogP contribution in [0.3, 0.4) is 0 Å². The fourth-order valence-corrected chi connectivity index (χ4v) is 2.49. The highest BCUT2D eigenvalue weighted by molar-refractivity contribution is 5.95. The molecule has 0 saturated heterocycles. The summed E-state index contributed by atoms with van der Waals surface area (Å²) in [6.45, 7) is 5.34. The van der Waals surface area contributed by atoms with Crippen molar-refractivity contribution in [3.63, 3.8) is 0 Å². The fourth-order valence-electron chi connectivity index (χ4n) is 2.49. The molecular weight excluding hydrogens is 318 g/mol.